The molecule has 1 aromatic carbocycles. The molecule has 0 aromatic heterocycles. The third-order valence-electron chi connectivity index (χ3n) is 2.06. The zero-order valence-corrected chi connectivity index (χ0v) is 9.29. The highest BCUT2D eigenvalue weighted by Crippen LogP contribution is 2.31. The highest BCUT2D eigenvalue weighted by molar-refractivity contribution is 6.32. The number of rotatable bonds is 4. The monoisotopic (exact) mass is 247 g/mol. The Morgan fingerprint density at radius 2 is 2.31 bits per heavy atom. The number of carbonyl (C=O) groups is 1. The van der Waals surface area contributed by atoms with Crippen LogP contribution in [0.1, 0.15) is 18.0 Å². The first-order chi connectivity index (χ1) is 7.45. The van der Waals surface area contributed by atoms with Gasteiger partial charge in [-0.25, -0.2) is 4.39 Å². The molecule has 1 rings (SSSR count). The molecule has 0 saturated heterocycles. The second-order valence-electron chi connectivity index (χ2n) is 3.22. The summed E-state index contributed by atoms with van der Waals surface area (Å²) in [5, 5.41) is 8.42. The minimum absolute atomic E-state index is 0.137. The van der Waals surface area contributed by atoms with E-state index < -0.39 is 17.8 Å². The van der Waals surface area contributed by atoms with Gasteiger partial charge in [0, 0.05) is 6.04 Å². The number of nitrogens with two attached hydrogens (primary N) is 1. The Hall–Kier alpha value is -1.33. The standard InChI is InChI=1S/C10H11ClFNO3/c1-16-8-3-5(2-6(12)10(8)11)7(13)4-9(14)15/h2-3,7H,4,13H2,1H3,(H,14,15). The van der Waals surface area contributed by atoms with Crippen LogP contribution in [0.25, 0.3) is 0 Å². The summed E-state index contributed by atoms with van der Waals surface area (Å²) in [5.41, 5.74) is 5.93. The summed E-state index contributed by atoms with van der Waals surface area (Å²) in [4.78, 5) is 10.5. The average molecular weight is 248 g/mol. The second kappa shape index (κ2) is 5.14. The Morgan fingerprint density at radius 3 is 2.81 bits per heavy atom. The molecule has 3 N–H and O–H groups in total. The van der Waals surface area contributed by atoms with Crippen molar-refractivity contribution in [1.29, 1.82) is 0 Å². The van der Waals surface area contributed by atoms with Crippen molar-refractivity contribution >= 4 is 17.6 Å². The summed E-state index contributed by atoms with van der Waals surface area (Å²) in [6.45, 7) is 0. The number of aliphatic carboxylic acids is 1. The largest absolute Gasteiger partial charge is 0.495 e. The van der Waals surface area contributed by atoms with Gasteiger partial charge in [0.1, 0.15) is 16.6 Å². The lowest BCUT2D eigenvalue weighted by atomic mass is 10.0. The molecule has 16 heavy (non-hydrogen) atoms. The van der Waals surface area contributed by atoms with Gasteiger partial charge in [0.25, 0.3) is 0 Å². The van der Waals surface area contributed by atoms with Crippen LogP contribution in [0, 0.1) is 5.82 Å². The quantitative estimate of drug-likeness (QED) is 0.853. The number of carboxylic acid groups (broad SMARTS) is 1. The number of hydrogen-bond acceptors (Lipinski definition) is 3. The number of methoxy groups -OCH3 is 1. The van der Waals surface area contributed by atoms with Gasteiger partial charge in [-0.3, -0.25) is 4.79 Å². The lowest BCUT2D eigenvalue weighted by Gasteiger charge is -2.12. The van der Waals surface area contributed by atoms with E-state index in [9.17, 15) is 9.18 Å². The van der Waals surface area contributed by atoms with Crippen LogP contribution in [0.5, 0.6) is 5.75 Å². The van der Waals surface area contributed by atoms with Crippen LogP contribution in [0.3, 0.4) is 0 Å². The normalized spacial score (nSPS) is 12.2. The SMILES string of the molecule is COc1cc(C(N)CC(=O)O)cc(F)c1Cl. The summed E-state index contributed by atoms with van der Waals surface area (Å²) in [5.74, 6) is -1.60. The van der Waals surface area contributed by atoms with Crippen LogP contribution in [0.4, 0.5) is 4.39 Å². The third-order valence-corrected chi connectivity index (χ3v) is 2.43. The van der Waals surface area contributed by atoms with Crippen LogP contribution in [0.15, 0.2) is 12.1 Å². The van der Waals surface area contributed by atoms with E-state index in [1.165, 1.54) is 13.2 Å². The van der Waals surface area contributed by atoms with E-state index in [2.05, 4.69) is 0 Å². The van der Waals surface area contributed by atoms with Crippen LogP contribution < -0.4 is 10.5 Å². The molecule has 88 valence electrons. The molecule has 0 heterocycles. The molecule has 0 bridgehead atoms. The van der Waals surface area contributed by atoms with Gasteiger partial charge in [-0.1, -0.05) is 11.6 Å². The van der Waals surface area contributed by atoms with E-state index in [-0.39, 0.29) is 17.2 Å². The van der Waals surface area contributed by atoms with Crippen molar-refractivity contribution in [3.05, 3.63) is 28.5 Å². The van der Waals surface area contributed by atoms with E-state index in [0.717, 1.165) is 6.07 Å². The van der Waals surface area contributed by atoms with Crippen LogP contribution in [-0.4, -0.2) is 18.2 Å². The Balaban J connectivity index is 3.05. The van der Waals surface area contributed by atoms with Gasteiger partial charge in [0.05, 0.1) is 13.5 Å². The van der Waals surface area contributed by atoms with Crippen LogP contribution in [0.2, 0.25) is 5.02 Å². The van der Waals surface area contributed by atoms with Crippen molar-refractivity contribution in [2.24, 2.45) is 5.73 Å². The molecular formula is C10H11ClFNO3. The number of halogens is 2. The molecule has 0 amide bonds. The molecule has 0 spiro atoms. The minimum Gasteiger partial charge on any atom is -0.495 e. The van der Waals surface area contributed by atoms with Crippen molar-refractivity contribution in [3.63, 3.8) is 0 Å². The summed E-state index contributed by atoms with van der Waals surface area (Å²) in [6, 6.07) is 1.75. The van der Waals surface area contributed by atoms with Gasteiger partial charge >= 0.3 is 5.97 Å². The highest BCUT2D eigenvalue weighted by atomic mass is 35.5. The fourth-order valence-electron chi connectivity index (χ4n) is 1.25. The van der Waals surface area contributed by atoms with Crippen molar-refractivity contribution in [2.75, 3.05) is 7.11 Å². The number of hydrogen-bond donors (Lipinski definition) is 2. The Labute approximate surface area is 96.8 Å². The van der Waals surface area contributed by atoms with Gasteiger partial charge in [-0.15, -0.1) is 0 Å². The summed E-state index contributed by atoms with van der Waals surface area (Å²) in [6.07, 6.45) is -0.287. The maximum Gasteiger partial charge on any atom is 0.305 e. The highest BCUT2D eigenvalue weighted by Gasteiger charge is 2.16. The van der Waals surface area contributed by atoms with Crippen molar-refractivity contribution in [2.45, 2.75) is 12.5 Å². The average Bonchev–Trinajstić information content (AvgIpc) is 2.20. The summed E-state index contributed by atoms with van der Waals surface area (Å²) < 4.78 is 18.2. The fraction of sp³-hybridized carbons (Fsp3) is 0.300. The van der Waals surface area contributed by atoms with E-state index in [4.69, 9.17) is 27.2 Å². The van der Waals surface area contributed by atoms with Gasteiger partial charge in [0.15, 0.2) is 0 Å². The molecule has 4 nitrogen and oxygen atoms in total. The molecule has 0 aliphatic rings. The lowest BCUT2D eigenvalue weighted by Crippen LogP contribution is -2.15. The van der Waals surface area contributed by atoms with Crippen LogP contribution >= 0.6 is 11.6 Å². The third kappa shape index (κ3) is 2.84. The smallest absolute Gasteiger partial charge is 0.305 e. The predicted octanol–water partition coefficient (Wildman–Crippen LogP) is 1.96. The van der Waals surface area contributed by atoms with Gasteiger partial charge in [-0.2, -0.15) is 0 Å². The first-order valence-corrected chi connectivity index (χ1v) is 4.83. The Bertz CT molecular complexity index is 411. The van der Waals surface area contributed by atoms with E-state index in [1.807, 2.05) is 0 Å². The minimum atomic E-state index is -1.05. The number of benzene rings is 1. The zero-order valence-electron chi connectivity index (χ0n) is 8.54. The number of carboxylic acids is 1. The molecule has 1 unspecified atom stereocenters. The Morgan fingerprint density at radius 1 is 1.69 bits per heavy atom. The molecule has 0 aliphatic heterocycles. The van der Waals surface area contributed by atoms with E-state index in [0.29, 0.717) is 5.56 Å². The van der Waals surface area contributed by atoms with E-state index in [1.54, 1.807) is 0 Å². The van der Waals surface area contributed by atoms with Crippen molar-refractivity contribution in [3.8, 4) is 5.75 Å². The van der Waals surface area contributed by atoms with Gasteiger partial charge in [-0.05, 0) is 17.7 Å². The second-order valence-corrected chi connectivity index (χ2v) is 3.60. The lowest BCUT2D eigenvalue weighted by molar-refractivity contribution is -0.137. The molecule has 0 fully saturated rings. The maximum absolute atomic E-state index is 13.3. The molecule has 1 atom stereocenters. The fourth-order valence-corrected chi connectivity index (χ4v) is 1.44. The van der Waals surface area contributed by atoms with Crippen molar-refractivity contribution in [1.82, 2.24) is 0 Å². The molecular weight excluding hydrogens is 237 g/mol. The molecule has 0 aliphatic carbocycles. The molecule has 1 aromatic rings. The van der Waals surface area contributed by atoms with Gasteiger partial charge in [0.2, 0.25) is 0 Å². The number of ether oxygens (including phenoxy) is 1. The van der Waals surface area contributed by atoms with E-state index >= 15 is 0 Å². The maximum atomic E-state index is 13.3. The molecule has 0 saturated carbocycles. The van der Waals surface area contributed by atoms with Crippen molar-refractivity contribution < 1.29 is 19.0 Å². The van der Waals surface area contributed by atoms with Crippen LogP contribution in [-0.2, 0) is 4.79 Å². The molecule has 6 heteroatoms. The summed E-state index contributed by atoms with van der Waals surface area (Å²) in [7, 11) is 1.34. The Kier molecular flexibility index (Phi) is 4.09. The predicted molar refractivity (Wildman–Crippen MR) is 57.1 cm³/mol. The topological polar surface area (TPSA) is 72.5 Å². The van der Waals surface area contributed by atoms with Gasteiger partial charge < -0.3 is 15.6 Å². The first kappa shape index (κ1) is 12.7. The first-order valence-electron chi connectivity index (χ1n) is 4.46. The summed E-state index contributed by atoms with van der Waals surface area (Å²) >= 11 is 5.62. The zero-order chi connectivity index (χ0) is 12.3. The molecule has 0 radical (unpaired) electrons.